The van der Waals surface area contributed by atoms with Gasteiger partial charge in [-0.1, -0.05) is 33.3 Å². The van der Waals surface area contributed by atoms with Gasteiger partial charge >= 0.3 is 0 Å². The first kappa shape index (κ1) is 26.9. The molecule has 1 aromatic rings. The van der Waals surface area contributed by atoms with Crippen molar-refractivity contribution in [1.82, 2.24) is 15.6 Å². The Morgan fingerprint density at radius 3 is 2.71 bits per heavy atom. The summed E-state index contributed by atoms with van der Waals surface area (Å²) in [5, 5.41) is 16.0. The number of nitrogens with one attached hydrogen (secondary N) is 2. The molecular formula is C21H39IN4O2. The fourth-order valence-corrected chi connectivity index (χ4v) is 2.89. The van der Waals surface area contributed by atoms with Gasteiger partial charge in [-0.2, -0.15) is 0 Å². The summed E-state index contributed by atoms with van der Waals surface area (Å²) in [5.74, 6) is 2.50. The Morgan fingerprint density at radius 1 is 1.29 bits per heavy atom. The Labute approximate surface area is 188 Å². The second kappa shape index (κ2) is 16.8. The Hall–Kier alpha value is -1.09. The molecule has 0 aromatic carbocycles. The molecule has 28 heavy (non-hydrogen) atoms. The predicted octanol–water partition coefficient (Wildman–Crippen LogP) is 3.98. The lowest BCUT2D eigenvalue weighted by molar-refractivity contribution is 0.243. The molecule has 0 radical (unpaired) electrons. The van der Waals surface area contributed by atoms with Gasteiger partial charge in [-0.3, -0.25) is 0 Å². The minimum atomic E-state index is 0. The lowest BCUT2D eigenvalue weighted by Gasteiger charge is -2.20. The number of aromatic nitrogens is 1. The number of pyridine rings is 1. The Morgan fingerprint density at radius 2 is 2.07 bits per heavy atom. The number of halogens is 1. The van der Waals surface area contributed by atoms with Crippen molar-refractivity contribution in [3.05, 3.63) is 23.9 Å². The zero-order valence-corrected chi connectivity index (χ0v) is 20.2. The van der Waals surface area contributed by atoms with Gasteiger partial charge in [-0.05, 0) is 44.1 Å². The molecule has 0 bridgehead atoms. The average molecular weight is 506 g/mol. The number of nitrogens with zero attached hydrogens (tertiary/aromatic N) is 2. The molecule has 0 saturated carbocycles. The normalized spacial score (nSPS) is 12.4. The van der Waals surface area contributed by atoms with E-state index in [2.05, 4.69) is 43.3 Å². The number of unbranched alkanes of at least 4 members (excludes halogenated alkanes) is 1. The molecule has 0 aliphatic rings. The summed E-state index contributed by atoms with van der Waals surface area (Å²) in [6, 6.07) is 3.92. The van der Waals surface area contributed by atoms with E-state index in [-0.39, 0.29) is 30.6 Å². The third-order valence-corrected chi connectivity index (χ3v) is 4.24. The average Bonchev–Trinajstić information content (AvgIpc) is 2.64. The molecule has 162 valence electrons. The molecule has 1 heterocycles. The van der Waals surface area contributed by atoms with Crippen molar-refractivity contribution in [3.63, 3.8) is 0 Å². The first-order valence-corrected chi connectivity index (χ1v) is 10.3. The zero-order chi connectivity index (χ0) is 19.9. The molecule has 0 amide bonds. The van der Waals surface area contributed by atoms with E-state index in [0.717, 1.165) is 50.3 Å². The summed E-state index contributed by atoms with van der Waals surface area (Å²) >= 11 is 0. The molecule has 3 N–H and O–H groups in total. The van der Waals surface area contributed by atoms with Crippen molar-refractivity contribution in [1.29, 1.82) is 0 Å². The summed E-state index contributed by atoms with van der Waals surface area (Å²) in [6.45, 7) is 11.6. The lowest BCUT2D eigenvalue weighted by atomic mass is 9.94. The van der Waals surface area contributed by atoms with Crippen LogP contribution in [0.5, 0.6) is 5.88 Å². The summed E-state index contributed by atoms with van der Waals surface area (Å²) in [7, 11) is 0. The maximum Gasteiger partial charge on any atom is 0.218 e. The molecule has 6 nitrogen and oxygen atoms in total. The number of guanidine groups is 1. The van der Waals surface area contributed by atoms with Crippen molar-refractivity contribution in [2.45, 2.75) is 59.9 Å². The van der Waals surface area contributed by atoms with Crippen LogP contribution in [0.25, 0.3) is 0 Å². The molecule has 0 saturated heterocycles. The third kappa shape index (κ3) is 11.7. The van der Waals surface area contributed by atoms with E-state index in [4.69, 9.17) is 9.73 Å². The van der Waals surface area contributed by atoms with E-state index in [1.165, 1.54) is 0 Å². The van der Waals surface area contributed by atoms with Crippen LogP contribution in [0.3, 0.4) is 0 Å². The van der Waals surface area contributed by atoms with Gasteiger partial charge in [0.2, 0.25) is 5.88 Å². The van der Waals surface area contributed by atoms with Gasteiger partial charge in [0.1, 0.15) is 0 Å². The number of ether oxygens (including phenoxy) is 1. The minimum absolute atomic E-state index is 0. The van der Waals surface area contributed by atoms with Crippen LogP contribution in [0.2, 0.25) is 0 Å². The highest BCUT2D eigenvalue weighted by Crippen LogP contribution is 2.16. The molecule has 0 aliphatic heterocycles. The molecule has 1 atom stereocenters. The summed E-state index contributed by atoms with van der Waals surface area (Å²) in [6.07, 6.45) is 5.77. The van der Waals surface area contributed by atoms with E-state index >= 15 is 0 Å². The predicted molar refractivity (Wildman–Crippen MR) is 128 cm³/mol. The van der Waals surface area contributed by atoms with E-state index in [1.54, 1.807) is 6.20 Å². The van der Waals surface area contributed by atoms with Crippen LogP contribution < -0.4 is 15.4 Å². The van der Waals surface area contributed by atoms with Crippen LogP contribution in [-0.4, -0.2) is 42.4 Å². The van der Waals surface area contributed by atoms with Gasteiger partial charge < -0.3 is 20.5 Å². The quantitative estimate of drug-likeness (QED) is 0.163. The zero-order valence-electron chi connectivity index (χ0n) is 17.9. The van der Waals surface area contributed by atoms with Gasteiger partial charge in [0, 0.05) is 31.5 Å². The van der Waals surface area contributed by atoms with Gasteiger partial charge in [-0.25, -0.2) is 9.98 Å². The molecular weight excluding hydrogens is 467 g/mol. The fraction of sp³-hybridized carbons (Fsp3) is 0.714. The molecule has 7 heteroatoms. The number of aliphatic imine (C=N–C) groups is 1. The lowest BCUT2D eigenvalue weighted by Crippen LogP contribution is -2.40. The second-order valence-electron chi connectivity index (χ2n) is 7.25. The van der Waals surface area contributed by atoms with E-state index < -0.39 is 0 Å². The van der Waals surface area contributed by atoms with Crippen LogP contribution in [0.4, 0.5) is 0 Å². The first-order valence-electron chi connectivity index (χ1n) is 10.3. The fourth-order valence-electron chi connectivity index (χ4n) is 2.89. The maximum atomic E-state index is 9.29. The number of aliphatic hydroxyl groups is 1. The minimum Gasteiger partial charge on any atom is -0.477 e. The van der Waals surface area contributed by atoms with Gasteiger partial charge in [0.25, 0.3) is 0 Å². The molecule has 1 rings (SSSR count). The third-order valence-electron chi connectivity index (χ3n) is 4.24. The van der Waals surface area contributed by atoms with Crippen LogP contribution >= 0.6 is 24.0 Å². The molecule has 0 fully saturated rings. The second-order valence-corrected chi connectivity index (χ2v) is 7.25. The van der Waals surface area contributed by atoms with Crippen molar-refractivity contribution in [2.75, 3.05) is 26.3 Å². The highest BCUT2D eigenvalue weighted by molar-refractivity contribution is 14.0. The van der Waals surface area contributed by atoms with Crippen LogP contribution in [0.1, 0.15) is 58.9 Å². The maximum absolute atomic E-state index is 9.29. The van der Waals surface area contributed by atoms with Crippen molar-refractivity contribution in [3.8, 4) is 5.88 Å². The highest BCUT2D eigenvalue weighted by Gasteiger charge is 2.12. The summed E-state index contributed by atoms with van der Waals surface area (Å²) in [4.78, 5) is 9.04. The van der Waals surface area contributed by atoms with Gasteiger partial charge in [0.15, 0.2) is 5.96 Å². The summed E-state index contributed by atoms with van der Waals surface area (Å²) in [5.41, 5.74) is 0.986. The molecule has 0 aliphatic carbocycles. The molecule has 1 aromatic heterocycles. The van der Waals surface area contributed by atoms with E-state index in [0.29, 0.717) is 30.9 Å². The van der Waals surface area contributed by atoms with Crippen molar-refractivity contribution < 1.29 is 9.84 Å². The van der Waals surface area contributed by atoms with E-state index in [1.807, 2.05) is 12.1 Å². The number of aliphatic hydroxyl groups excluding tert-OH is 1. The summed E-state index contributed by atoms with van der Waals surface area (Å²) < 4.78 is 5.79. The molecule has 1 unspecified atom stereocenters. The first-order chi connectivity index (χ1) is 13.1. The van der Waals surface area contributed by atoms with E-state index in [9.17, 15) is 5.11 Å². The number of hydrogen-bond donors (Lipinski definition) is 3. The monoisotopic (exact) mass is 506 g/mol. The van der Waals surface area contributed by atoms with Crippen molar-refractivity contribution in [2.24, 2.45) is 16.8 Å². The Balaban J connectivity index is 0.00000729. The Bertz CT molecular complexity index is 541. The van der Waals surface area contributed by atoms with Crippen LogP contribution in [-0.2, 0) is 6.54 Å². The topological polar surface area (TPSA) is 78.8 Å². The van der Waals surface area contributed by atoms with Crippen LogP contribution in [0, 0.1) is 11.8 Å². The smallest absolute Gasteiger partial charge is 0.218 e. The molecule has 0 spiro atoms. The highest BCUT2D eigenvalue weighted by atomic mass is 127. The number of rotatable bonds is 13. The standard InChI is InChI=1S/C21H38N4O2.HI/c1-5-7-13-27-20-19(9-8-11-23-20)16-25-21(22-6-2)24-15-18(10-12-26)14-17(3)4;/h8-9,11,17-18,26H,5-7,10,12-16H2,1-4H3,(H2,22,24,25);1H. The van der Waals surface area contributed by atoms with Gasteiger partial charge in [0.05, 0.1) is 13.2 Å². The van der Waals surface area contributed by atoms with Gasteiger partial charge in [-0.15, -0.1) is 24.0 Å². The van der Waals surface area contributed by atoms with Crippen molar-refractivity contribution >= 4 is 29.9 Å². The number of hydrogen-bond acceptors (Lipinski definition) is 4. The SMILES string of the molecule is CCCCOc1ncccc1CN=C(NCC)NCC(CCO)CC(C)C.I. The van der Waals surface area contributed by atoms with Crippen LogP contribution in [0.15, 0.2) is 23.3 Å². The largest absolute Gasteiger partial charge is 0.477 e. The Kier molecular flexibility index (Phi) is 16.2.